The molecule has 1 unspecified atom stereocenters. The molecule has 2 rings (SSSR count). The molecule has 0 fully saturated rings. The highest BCUT2D eigenvalue weighted by Gasteiger charge is 2.31. The molecule has 0 bridgehead atoms. The second kappa shape index (κ2) is 5.90. The standard InChI is InChI=1S/C13H14N4O2S/c1-9-7-8-10(2)20(19)17(9)13(18)11-5-3-4-6-12(11)15-16-14/h3-10H,1-2H3/t9-,10+,20?/m0/s1. The summed E-state index contributed by atoms with van der Waals surface area (Å²) in [5.74, 6) is -0.393. The molecular formula is C13H14N4O2S. The molecule has 20 heavy (non-hydrogen) atoms. The predicted molar refractivity (Wildman–Crippen MR) is 77.6 cm³/mol. The van der Waals surface area contributed by atoms with Crippen molar-refractivity contribution in [1.82, 2.24) is 4.31 Å². The minimum Gasteiger partial charge on any atom is -0.268 e. The number of rotatable bonds is 2. The molecule has 1 aliphatic heterocycles. The van der Waals surface area contributed by atoms with Crippen LogP contribution in [0.1, 0.15) is 24.2 Å². The summed E-state index contributed by atoms with van der Waals surface area (Å²) in [6, 6.07) is 6.22. The molecule has 0 aromatic heterocycles. The van der Waals surface area contributed by atoms with Gasteiger partial charge in [0.25, 0.3) is 5.91 Å². The second-order valence-electron chi connectivity index (χ2n) is 4.44. The molecule has 1 aromatic rings. The summed E-state index contributed by atoms with van der Waals surface area (Å²) in [7, 11) is -1.43. The normalized spacial score (nSPS) is 25.1. The van der Waals surface area contributed by atoms with Crippen LogP contribution in [0.25, 0.3) is 10.4 Å². The summed E-state index contributed by atoms with van der Waals surface area (Å²) in [6.45, 7) is 3.59. The van der Waals surface area contributed by atoms with Gasteiger partial charge in [0.2, 0.25) is 0 Å². The number of azide groups is 1. The minimum absolute atomic E-state index is 0.221. The molecule has 1 aromatic carbocycles. The van der Waals surface area contributed by atoms with Crippen molar-refractivity contribution in [3.63, 3.8) is 0 Å². The zero-order chi connectivity index (χ0) is 14.7. The summed E-state index contributed by atoms with van der Waals surface area (Å²) < 4.78 is 13.6. The summed E-state index contributed by atoms with van der Waals surface area (Å²) in [5.41, 5.74) is 9.04. The van der Waals surface area contributed by atoms with Crippen LogP contribution in [0, 0.1) is 0 Å². The molecule has 7 heteroatoms. The minimum atomic E-state index is -1.43. The molecule has 6 nitrogen and oxygen atoms in total. The van der Waals surface area contributed by atoms with Gasteiger partial charge in [-0.1, -0.05) is 35.5 Å². The van der Waals surface area contributed by atoms with Gasteiger partial charge in [0.05, 0.1) is 22.5 Å². The van der Waals surface area contributed by atoms with Crippen molar-refractivity contribution >= 4 is 22.6 Å². The van der Waals surface area contributed by atoms with E-state index in [0.717, 1.165) is 0 Å². The molecule has 0 saturated heterocycles. The number of benzene rings is 1. The summed E-state index contributed by atoms with van der Waals surface area (Å²) in [4.78, 5) is 15.3. The van der Waals surface area contributed by atoms with Crippen LogP contribution in [0.3, 0.4) is 0 Å². The predicted octanol–water partition coefficient (Wildman–Crippen LogP) is 3.08. The average Bonchev–Trinajstić information content (AvgIpc) is 2.44. The van der Waals surface area contributed by atoms with Crippen molar-refractivity contribution in [2.45, 2.75) is 25.1 Å². The van der Waals surface area contributed by atoms with Crippen LogP contribution in [0.15, 0.2) is 41.5 Å². The first-order valence-electron chi connectivity index (χ1n) is 6.13. The van der Waals surface area contributed by atoms with Gasteiger partial charge in [0.15, 0.2) is 0 Å². The quantitative estimate of drug-likeness (QED) is 0.363. The van der Waals surface area contributed by atoms with E-state index in [4.69, 9.17) is 5.53 Å². The van der Waals surface area contributed by atoms with Crippen molar-refractivity contribution in [1.29, 1.82) is 0 Å². The van der Waals surface area contributed by atoms with Crippen molar-refractivity contribution in [2.24, 2.45) is 5.11 Å². The first-order valence-corrected chi connectivity index (χ1v) is 7.30. The van der Waals surface area contributed by atoms with E-state index in [2.05, 4.69) is 10.0 Å². The fourth-order valence-electron chi connectivity index (χ4n) is 1.98. The first-order chi connectivity index (χ1) is 9.56. The van der Waals surface area contributed by atoms with Crippen molar-refractivity contribution < 1.29 is 9.00 Å². The van der Waals surface area contributed by atoms with Crippen LogP contribution in [-0.2, 0) is 11.0 Å². The maximum Gasteiger partial charge on any atom is 0.266 e. The lowest BCUT2D eigenvalue weighted by Gasteiger charge is -2.31. The molecule has 1 amide bonds. The molecule has 0 spiro atoms. The number of nitrogens with zero attached hydrogens (tertiary/aromatic N) is 4. The average molecular weight is 290 g/mol. The fraction of sp³-hybridized carbons (Fsp3) is 0.308. The van der Waals surface area contributed by atoms with Gasteiger partial charge in [-0.05, 0) is 25.4 Å². The number of carbonyl (C=O) groups is 1. The third kappa shape index (κ3) is 2.59. The Labute approximate surface area is 119 Å². The number of carbonyl (C=O) groups excluding carboxylic acids is 1. The maximum absolute atomic E-state index is 12.6. The molecule has 0 N–H and O–H groups in total. The van der Waals surface area contributed by atoms with E-state index in [9.17, 15) is 9.00 Å². The summed E-state index contributed by atoms with van der Waals surface area (Å²) >= 11 is 0. The Balaban J connectivity index is 2.44. The van der Waals surface area contributed by atoms with Gasteiger partial charge in [-0.15, -0.1) is 0 Å². The Morgan fingerprint density at radius 3 is 2.75 bits per heavy atom. The topological polar surface area (TPSA) is 86.1 Å². The maximum atomic E-state index is 12.6. The number of hydrogen-bond donors (Lipinski definition) is 0. The Morgan fingerprint density at radius 1 is 1.35 bits per heavy atom. The van der Waals surface area contributed by atoms with Gasteiger partial charge in [-0.2, -0.15) is 0 Å². The third-order valence-corrected chi connectivity index (χ3v) is 4.71. The van der Waals surface area contributed by atoms with Crippen molar-refractivity contribution in [3.05, 3.63) is 52.4 Å². The number of hydrogen-bond acceptors (Lipinski definition) is 3. The van der Waals surface area contributed by atoms with E-state index in [1.807, 2.05) is 12.2 Å². The Kier molecular flexibility index (Phi) is 4.22. The highest BCUT2D eigenvalue weighted by molar-refractivity contribution is 7.84. The zero-order valence-corrected chi connectivity index (χ0v) is 11.9. The SMILES string of the molecule is C[C@@H]1C=C[C@H](C)N(C(=O)c2ccccc2N=[N+]=[N-])S1=O. The second-order valence-corrected chi connectivity index (χ2v) is 6.13. The molecule has 3 atom stereocenters. The van der Waals surface area contributed by atoms with Crippen LogP contribution in [0.2, 0.25) is 0 Å². The highest BCUT2D eigenvalue weighted by Crippen LogP contribution is 2.25. The molecule has 0 radical (unpaired) electrons. The molecule has 0 saturated carbocycles. The summed E-state index contributed by atoms with van der Waals surface area (Å²) in [5, 5.41) is 3.29. The molecule has 104 valence electrons. The smallest absolute Gasteiger partial charge is 0.266 e. The van der Waals surface area contributed by atoms with Gasteiger partial charge >= 0.3 is 0 Å². The van der Waals surface area contributed by atoms with Crippen LogP contribution in [0.5, 0.6) is 0 Å². The Hall–Kier alpha value is -2.11. The lowest BCUT2D eigenvalue weighted by atomic mass is 10.1. The lowest BCUT2D eigenvalue weighted by Crippen LogP contribution is -2.44. The van der Waals surface area contributed by atoms with Crippen LogP contribution < -0.4 is 0 Å². The van der Waals surface area contributed by atoms with Crippen LogP contribution in [0.4, 0.5) is 5.69 Å². The highest BCUT2D eigenvalue weighted by atomic mass is 32.2. The molecule has 1 heterocycles. The van der Waals surface area contributed by atoms with Gasteiger partial charge in [0, 0.05) is 4.91 Å². The van der Waals surface area contributed by atoms with E-state index in [1.165, 1.54) is 4.31 Å². The van der Waals surface area contributed by atoms with Crippen LogP contribution >= 0.6 is 0 Å². The van der Waals surface area contributed by atoms with Gasteiger partial charge < -0.3 is 0 Å². The monoisotopic (exact) mass is 290 g/mol. The summed E-state index contributed by atoms with van der Waals surface area (Å²) in [6.07, 6.45) is 3.68. The van der Waals surface area contributed by atoms with E-state index in [-0.39, 0.29) is 22.5 Å². The lowest BCUT2D eigenvalue weighted by molar-refractivity contribution is 0.0849. The number of amides is 1. The van der Waals surface area contributed by atoms with Crippen molar-refractivity contribution in [2.75, 3.05) is 0 Å². The largest absolute Gasteiger partial charge is 0.268 e. The molecule has 1 aliphatic rings. The van der Waals surface area contributed by atoms with Crippen molar-refractivity contribution in [3.8, 4) is 0 Å². The first kappa shape index (κ1) is 14.3. The van der Waals surface area contributed by atoms with Gasteiger partial charge in [-0.25, -0.2) is 4.21 Å². The Bertz CT molecular complexity index is 637. The molecular weight excluding hydrogens is 276 g/mol. The Morgan fingerprint density at radius 2 is 2.05 bits per heavy atom. The fourth-order valence-corrected chi connectivity index (χ4v) is 3.22. The van der Waals surface area contributed by atoms with Gasteiger partial charge in [0.1, 0.15) is 11.0 Å². The molecule has 0 aliphatic carbocycles. The van der Waals surface area contributed by atoms with E-state index in [0.29, 0.717) is 0 Å². The van der Waals surface area contributed by atoms with E-state index >= 15 is 0 Å². The third-order valence-electron chi connectivity index (χ3n) is 3.03. The zero-order valence-electron chi connectivity index (χ0n) is 11.1. The van der Waals surface area contributed by atoms with Crippen LogP contribution in [-0.4, -0.2) is 25.7 Å². The van der Waals surface area contributed by atoms with E-state index < -0.39 is 16.9 Å². The van der Waals surface area contributed by atoms with E-state index in [1.54, 1.807) is 38.1 Å². The van der Waals surface area contributed by atoms with Gasteiger partial charge in [-0.3, -0.25) is 9.10 Å².